The quantitative estimate of drug-likeness (QED) is 0.173. The average Bonchev–Trinajstić information content (AvgIpc) is 3.26. The van der Waals surface area contributed by atoms with Crippen molar-refractivity contribution in [1.82, 2.24) is 4.57 Å². The lowest BCUT2D eigenvalue weighted by Gasteiger charge is -2.26. The van der Waals surface area contributed by atoms with Crippen LogP contribution in [0.4, 0.5) is 0 Å². The van der Waals surface area contributed by atoms with Gasteiger partial charge in [-0.15, -0.1) is 0 Å². The van der Waals surface area contributed by atoms with Crippen LogP contribution in [-0.4, -0.2) is 23.2 Å². The number of esters is 1. The molecule has 0 amide bonds. The summed E-state index contributed by atoms with van der Waals surface area (Å²) in [4.78, 5) is 32.6. The molecule has 0 radical (unpaired) electrons. The summed E-state index contributed by atoms with van der Waals surface area (Å²) in [6.07, 6.45) is 1.71. The summed E-state index contributed by atoms with van der Waals surface area (Å²) in [6, 6.07) is 18.7. The van der Waals surface area contributed by atoms with Gasteiger partial charge in [-0.3, -0.25) is 9.36 Å². The van der Waals surface area contributed by atoms with Crippen molar-refractivity contribution in [2.45, 2.75) is 53.4 Å². The SMILES string of the molecule is CCOC(=O)C1=C(C)N=c2s/c(=C/c3cc(Br)c(OCc4ccc(C)cc4)c(Br)c3)c(=O)n2[C@H]1c1ccccc1OC(C)C. The molecule has 0 fully saturated rings. The average molecular weight is 741 g/mol. The molecular weight excluding hydrogens is 708 g/mol. The van der Waals surface area contributed by atoms with Crippen molar-refractivity contribution in [3.8, 4) is 11.5 Å². The van der Waals surface area contributed by atoms with Crippen molar-refractivity contribution in [2.24, 2.45) is 4.99 Å². The Bertz CT molecular complexity index is 1900. The van der Waals surface area contributed by atoms with Gasteiger partial charge in [0, 0.05) is 5.56 Å². The molecule has 3 aromatic carbocycles. The molecule has 0 bridgehead atoms. The van der Waals surface area contributed by atoms with Gasteiger partial charge < -0.3 is 14.2 Å². The van der Waals surface area contributed by atoms with Crippen LogP contribution < -0.4 is 24.4 Å². The molecule has 5 rings (SSSR count). The Hall–Kier alpha value is -3.47. The number of carbonyl (C=O) groups is 1. The number of carbonyl (C=O) groups excluding carboxylic acids is 1. The lowest BCUT2D eigenvalue weighted by atomic mass is 9.95. The van der Waals surface area contributed by atoms with Gasteiger partial charge in [0.25, 0.3) is 5.56 Å². The Morgan fingerprint density at radius 1 is 1.07 bits per heavy atom. The summed E-state index contributed by atoms with van der Waals surface area (Å²) in [7, 11) is 0. The molecule has 2 heterocycles. The number of hydrogen-bond donors (Lipinski definition) is 0. The molecule has 10 heteroatoms. The maximum absolute atomic E-state index is 14.1. The Morgan fingerprint density at radius 2 is 1.75 bits per heavy atom. The molecule has 4 aromatic rings. The van der Waals surface area contributed by atoms with Crippen molar-refractivity contribution in [3.63, 3.8) is 0 Å². The minimum atomic E-state index is -0.765. The van der Waals surface area contributed by atoms with Crippen LogP contribution in [0.25, 0.3) is 6.08 Å². The molecule has 0 saturated heterocycles. The number of halogens is 2. The molecule has 44 heavy (non-hydrogen) atoms. The van der Waals surface area contributed by atoms with Crippen LogP contribution in [0.5, 0.6) is 11.5 Å². The van der Waals surface area contributed by atoms with E-state index in [1.54, 1.807) is 18.4 Å². The van der Waals surface area contributed by atoms with E-state index in [-0.39, 0.29) is 18.3 Å². The highest BCUT2D eigenvalue weighted by Gasteiger charge is 2.35. The van der Waals surface area contributed by atoms with E-state index in [0.717, 1.165) is 20.1 Å². The third-order valence-electron chi connectivity index (χ3n) is 6.92. The van der Waals surface area contributed by atoms with Crippen molar-refractivity contribution < 1.29 is 19.0 Å². The highest BCUT2D eigenvalue weighted by molar-refractivity contribution is 9.11. The van der Waals surface area contributed by atoms with Gasteiger partial charge in [-0.25, -0.2) is 9.79 Å². The Kier molecular flexibility index (Phi) is 9.92. The lowest BCUT2D eigenvalue weighted by Crippen LogP contribution is -2.40. The zero-order valence-corrected chi connectivity index (χ0v) is 29.0. The van der Waals surface area contributed by atoms with Crippen LogP contribution >= 0.6 is 43.2 Å². The molecule has 0 saturated carbocycles. The largest absolute Gasteiger partial charge is 0.491 e. The molecule has 1 aromatic heterocycles. The fourth-order valence-corrected chi connectivity index (χ4v) is 7.44. The molecule has 0 unspecified atom stereocenters. The van der Waals surface area contributed by atoms with Crippen LogP contribution in [0.1, 0.15) is 56.0 Å². The lowest BCUT2D eigenvalue weighted by molar-refractivity contribution is -0.139. The number of aromatic nitrogens is 1. The van der Waals surface area contributed by atoms with Gasteiger partial charge >= 0.3 is 5.97 Å². The second-order valence-electron chi connectivity index (χ2n) is 10.6. The van der Waals surface area contributed by atoms with E-state index in [1.807, 2.05) is 75.4 Å². The van der Waals surface area contributed by atoms with Crippen LogP contribution in [0.3, 0.4) is 0 Å². The molecule has 1 aliphatic rings. The van der Waals surface area contributed by atoms with E-state index in [1.165, 1.54) is 16.9 Å². The van der Waals surface area contributed by atoms with Gasteiger partial charge in [0.15, 0.2) is 4.80 Å². The number of aryl methyl sites for hydroxylation is 1. The zero-order valence-electron chi connectivity index (χ0n) is 25.0. The molecule has 0 aliphatic carbocycles. The van der Waals surface area contributed by atoms with Crippen LogP contribution in [0.15, 0.2) is 90.7 Å². The van der Waals surface area contributed by atoms with E-state index < -0.39 is 12.0 Å². The van der Waals surface area contributed by atoms with Crippen LogP contribution in [0, 0.1) is 6.92 Å². The third-order valence-corrected chi connectivity index (χ3v) is 9.08. The predicted octanol–water partition coefficient (Wildman–Crippen LogP) is 7.00. The van der Waals surface area contributed by atoms with Crippen molar-refractivity contribution in [1.29, 1.82) is 0 Å². The van der Waals surface area contributed by atoms with Crippen LogP contribution in [-0.2, 0) is 16.1 Å². The maximum atomic E-state index is 14.1. The number of thiazole rings is 1. The highest BCUT2D eigenvalue weighted by Crippen LogP contribution is 2.37. The van der Waals surface area contributed by atoms with Crippen molar-refractivity contribution >= 4 is 55.2 Å². The first-order valence-electron chi connectivity index (χ1n) is 14.2. The molecule has 0 N–H and O–H groups in total. The topological polar surface area (TPSA) is 79.1 Å². The number of nitrogens with zero attached hydrogens (tertiary/aromatic N) is 2. The predicted molar refractivity (Wildman–Crippen MR) is 180 cm³/mol. The fourth-order valence-electron chi connectivity index (χ4n) is 4.95. The van der Waals surface area contributed by atoms with E-state index >= 15 is 0 Å². The molecule has 7 nitrogen and oxygen atoms in total. The van der Waals surface area contributed by atoms with Gasteiger partial charge in [-0.2, -0.15) is 0 Å². The third kappa shape index (κ3) is 6.77. The summed E-state index contributed by atoms with van der Waals surface area (Å²) < 4.78 is 21.2. The highest BCUT2D eigenvalue weighted by atomic mass is 79.9. The van der Waals surface area contributed by atoms with Gasteiger partial charge in [-0.05, 0) is 102 Å². The molecule has 1 aliphatic heterocycles. The van der Waals surface area contributed by atoms with E-state index in [2.05, 4.69) is 49.0 Å². The number of hydrogen-bond acceptors (Lipinski definition) is 7. The molecular formula is C34H32Br2N2O5S. The normalized spacial score (nSPS) is 14.8. The summed E-state index contributed by atoms with van der Waals surface area (Å²) in [5.74, 6) is 0.745. The number of fused-ring (bicyclic) bond motifs is 1. The molecule has 228 valence electrons. The number of para-hydroxylation sites is 1. The summed E-state index contributed by atoms with van der Waals surface area (Å²) in [5.41, 5.74) is 4.28. The number of ether oxygens (including phenoxy) is 3. The number of allylic oxidation sites excluding steroid dienone is 1. The summed E-state index contributed by atoms with van der Waals surface area (Å²) in [5, 5.41) is 0. The van der Waals surface area contributed by atoms with Crippen molar-refractivity contribution in [3.05, 3.63) is 123 Å². The molecule has 0 spiro atoms. The zero-order chi connectivity index (χ0) is 31.5. The van der Waals surface area contributed by atoms with Gasteiger partial charge in [0.05, 0.1) is 37.5 Å². The van der Waals surface area contributed by atoms with E-state index in [4.69, 9.17) is 14.2 Å². The van der Waals surface area contributed by atoms with Crippen molar-refractivity contribution in [2.75, 3.05) is 6.61 Å². The monoisotopic (exact) mass is 738 g/mol. The van der Waals surface area contributed by atoms with Gasteiger partial charge in [0.1, 0.15) is 24.1 Å². The second-order valence-corrected chi connectivity index (χ2v) is 13.3. The standard InChI is InChI=1S/C34H32Br2N2O5S/c1-6-41-33(40)29-21(5)37-34-38(30(29)24-9-7-8-10-27(24)43-19(2)3)32(39)28(44-34)17-23-15-25(35)31(26(36)16-23)42-18-22-13-11-20(4)12-14-22/h7-17,19,30H,6,18H2,1-5H3/b28-17+/t30-/m0/s1. The smallest absolute Gasteiger partial charge is 0.338 e. The summed E-state index contributed by atoms with van der Waals surface area (Å²) in [6.45, 7) is 10.1. The Morgan fingerprint density at radius 3 is 2.41 bits per heavy atom. The van der Waals surface area contributed by atoms with Gasteiger partial charge in [0.2, 0.25) is 0 Å². The Balaban J connectivity index is 1.58. The fraction of sp³-hybridized carbons (Fsp3) is 0.265. The second kappa shape index (κ2) is 13.7. The van der Waals surface area contributed by atoms with Gasteiger partial charge in [-0.1, -0.05) is 59.4 Å². The minimum Gasteiger partial charge on any atom is -0.491 e. The number of rotatable bonds is 9. The summed E-state index contributed by atoms with van der Waals surface area (Å²) >= 11 is 8.55. The number of benzene rings is 3. The molecule has 1 atom stereocenters. The van der Waals surface area contributed by atoms with E-state index in [0.29, 0.717) is 44.3 Å². The minimum absolute atomic E-state index is 0.108. The first kappa shape index (κ1) is 31.9. The maximum Gasteiger partial charge on any atom is 0.338 e. The van der Waals surface area contributed by atoms with E-state index in [9.17, 15) is 9.59 Å². The van der Waals surface area contributed by atoms with Crippen LogP contribution in [0.2, 0.25) is 0 Å². The first-order chi connectivity index (χ1) is 21.1. The first-order valence-corrected chi connectivity index (χ1v) is 16.6. The Labute approximate surface area is 276 Å².